The number of ether oxygens (including phenoxy) is 2. The van der Waals surface area contributed by atoms with Gasteiger partial charge in [0.15, 0.2) is 0 Å². The van der Waals surface area contributed by atoms with Crippen molar-refractivity contribution in [1.82, 2.24) is 5.32 Å². The summed E-state index contributed by atoms with van der Waals surface area (Å²) in [4.78, 5) is 0. The van der Waals surface area contributed by atoms with Gasteiger partial charge in [-0.3, -0.25) is 0 Å². The third kappa shape index (κ3) is 2.52. The Morgan fingerprint density at radius 2 is 2.33 bits per heavy atom. The quantitative estimate of drug-likeness (QED) is 0.677. The molecular formula is C12H23NO2. The second kappa shape index (κ2) is 5.28. The number of hydrogen-bond acceptors (Lipinski definition) is 3. The number of rotatable bonds is 6. The Hall–Kier alpha value is -0.120. The van der Waals surface area contributed by atoms with Crippen molar-refractivity contribution in [2.45, 2.75) is 25.7 Å². The summed E-state index contributed by atoms with van der Waals surface area (Å²) < 4.78 is 10.6. The van der Waals surface area contributed by atoms with Crippen molar-refractivity contribution < 1.29 is 9.47 Å². The molecule has 0 radical (unpaired) electrons. The minimum Gasteiger partial charge on any atom is -0.383 e. The van der Waals surface area contributed by atoms with E-state index in [1.807, 2.05) is 0 Å². The highest BCUT2D eigenvalue weighted by Crippen LogP contribution is 2.46. The first kappa shape index (κ1) is 11.4. The Morgan fingerprint density at radius 1 is 1.47 bits per heavy atom. The predicted octanol–water partition coefficient (Wildman–Crippen LogP) is 1.43. The summed E-state index contributed by atoms with van der Waals surface area (Å²) in [7, 11) is 1.75. The Morgan fingerprint density at radius 3 is 2.87 bits per heavy atom. The average molecular weight is 213 g/mol. The molecular weight excluding hydrogens is 190 g/mol. The van der Waals surface area contributed by atoms with Crippen LogP contribution < -0.4 is 5.32 Å². The third-order valence-corrected chi connectivity index (χ3v) is 4.07. The molecule has 2 aliphatic rings. The van der Waals surface area contributed by atoms with Crippen LogP contribution in [-0.4, -0.2) is 40.0 Å². The Bertz CT molecular complexity index is 186. The molecule has 1 unspecified atom stereocenters. The van der Waals surface area contributed by atoms with E-state index in [-0.39, 0.29) is 0 Å². The van der Waals surface area contributed by atoms with Gasteiger partial charge >= 0.3 is 0 Å². The molecule has 0 aromatic rings. The van der Waals surface area contributed by atoms with E-state index < -0.39 is 0 Å². The van der Waals surface area contributed by atoms with Gasteiger partial charge in [0.1, 0.15) is 0 Å². The van der Waals surface area contributed by atoms with Crippen LogP contribution in [0, 0.1) is 11.3 Å². The third-order valence-electron chi connectivity index (χ3n) is 4.07. The maximum atomic E-state index is 5.60. The molecule has 1 saturated heterocycles. The van der Waals surface area contributed by atoms with Gasteiger partial charge in [0, 0.05) is 32.2 Å². The zero-order chi connectivity index (χ0) is 10.6. The normalized spacial score (nSPS) is 31.8. The summed E-state index contributed by atoms with van der Waals surface area (Å²) >= 11 is 0. The zero-order valence-electron chi connectivity index (χ0n) is 9.76. The second-order valence-electron chi connectivity index (χ2n) is 4.96. The van der Waals surface area contributed by atoms with E-state index in [1.165, 1.54) is 25.7 Å². The monoisotopic (exact) mass is 213 g/mol. The summed E-state index contributed by atoms with van der Waals surface area (Å²) in [5.41, 5.74) is 0.450. The van der Waals surface area contributed by atoms with E-state index in [0.29, 0.717) is 5.41 Å². The van der Waals surface area contributed by atoms with Crippen molar-refractivity contribution in [1.29, 1.82) is 0 Å². The van der Waals surface area contributed by atoms with Gasteiger partial charge in [0.05, 0.1) is 13.2 Å². The molecule has 88 valence electrons. The van der Waals surface area contributed by atoms with Gasteiger partial charge in [-0.15, -0.1) is 0 Å². The van der Waals surface area contributed by atoms with Crippen LogP contribution in [0.2, 0.25) is 0 Å². The van der Waals surface area contributed by atoms with E-state index in [0.717, 1.165) is 38.8 Å². The van der Waals surface area contributed by atoms with Crippen LogP contribution in [-0.2, 0) is 9.47 Å². The molecule has 1 N–H and O–H groups in total. The Labute approximate surface area is 92.5 Å². The predicted molar refractivity (Wildman–Crippen MR) is 60.0 cm³/mol. The van der Waals surface area contributed by atoms with Crippen LogP contribution in [0.15, 0.2) is 0 Å². The standard InChI is InChI=1S/C12H23NO2/c1-14-8-6-13-9-12(5-7-15-10-12)11-3-2-4-11/h11,13H,2-10H2,1H3. The summed E-state index contributed by atoms with van der Waals surface area (Å²) in [6, 6.07) is 0. The molecule has 1 saturated carbocycles. The summed E-state index contributed by atoms with van der Waals surface area (Å²) in [5, 5.41) is 3.51. The largest absolute Gasteiger partial charge is 0.383 e. The highest BCUT2D eigenvalue weighted by Gasteiger charge is 2.44. The highest BCUT2D eigenvalue weighted by molar-refractivity contribution is 4.94. The van der Waals surface area contributed by atoms with Crippen molar-refractivity contribution in [2.24, 2.45) is 11.3 Å². The van der Waals surface area contributed by atoms with Crippen molar-refractivity contribution in [3.63, 3.8) is 0 Å². The minimum atomic E-state index is 0.450. The zero-order valence-corrected chi connectivity index (χ0v) is 9.76. The van der Waals surface area contributed by atoms with Gasteiger partial charge in [-0.25, -0.2) is 0 Å². The van der Waals surface area contributed by atoms with E-state index in [9.17, 15) is 0 Å². The second-order valence-corrected chi connectivity index (χ2v) is 4.96. The van der Waals surface area contributed by atoms with E-state index >= 15 is 0 Å². The van der Waals surface area contributed by atoms with Crippen molar-refractivity contribution >= 4 is 0 Å². The van der Waals surface area contributed by atoms with E-state index in [1.54, 1.807) is 7.11 Å². The van der Waals surface area contributed by atoms with Crippen LogP contribution in [0.4, 0.5) is 0 Å². The fourth-order valence-electron chi connectivity index (χ4n) is 2.76. The van der Waals surface area contributed by atoms with Gasteiger partial charge in [0.25, 0.3) is 0 Å². The molecule has 1 aliphatic heterocycles. The van der Waals surface area contributed by atoms with Gasteiger partial charge < -0.3 is 14.8 Å². The first-order valence-electron chi connectivity index (χ1n) is 6.15. The molecule has 0 spiro atoms. The Kier molecular flexibility index (Phi) is 4.00. The SMILES string of the molecule is COCCNCC1(C2CCC2)CCOC1. The van der Waals surface area contributed by atoms with Crippen LogP contribution in [0.25, 0.3) is 0 Å². The van der Waals surface area contributed by atoms with Gasteiger partial charge in [-0.05, 0) is 25.2 Å². The fourth-order valence-corrected chi connectivity index (χ4v) is 2.76. The maximum Gasteiger partial charge on any atom is 0.0587 e. The lowest BCUT2D eigenvalue weighted by Crippen LogP contribution is -2.44. The maximum absolute atomic E-state index is 5.60. The molecule has 1 atom stereocenters. The van der Waals surface area contributed by atoms with Gasteiger partial charge in [-0.2, -0.15) is 0 Å². The molecule has 15 heavy (non-hydrogen) atoms. The van der Waals surface area contributed by atoms with Crippen LogP contribution >= 0.6 is 0 Å². The molecule has 3 heteroatoms. The number of methoxy groups -OCH3 is 1. The minimum absolute atomic E-state index is 0.450. The number of hydrogen-bond donors (Lipinski definition) is 1. The molecule has 0 aromatic heterocycles. The summed E-state index contributed by atoms with van der Waals surface area (Å²) in [5.74, 6) is 0.912. The van der Waals surface area contributed by atoms with Crippen molar-refractivity contribution in [2.75, 3.05) is 40.0 Å². The number of nitrogens with one attached hydrogen (secondary N) is 1. The lowest BCUT2D eigenvalue weighted by molar-refractivity contribution is 0.0579. The van der Waals surface area contributed by atoms with Gasteiger partial charge in [0.2, 0.25) is 0 Å². The smallest absolute Gasteiger partial charge is 0.0587 e. The van der Waals surface area contributed by atoms with Crippen LogP contribution in [0.3, 0.4) is 0 Å². The average Bonchev–Trinajstić information content (AvgIpc) is 2.59. The molecule has 2 fully saturated rings. The lowest BCUT2D eigenvalue weighted by atomic mass is 9.64. The Balaban J connectivity index is 1.77. The highest BCUT2D eigenvalue weighted by atomic mass is 16.5. The molecule has 3 nitrogen and oxygen atoms in total. The molecule has 0 amide bonds. The lowest BCUT2D eigenvalue weighted by Gasteiger charge is -2.42. The van der Waals surface area contributed by atoms with Crippen LogP contribution in [0.1, 0.15) is 25.7 Å². The van der Waals surface area contributed by atoms with E-state index in [4.69, 9.17) is 9.47 Å². The molecule has 2 rings (SSSR count). The molecule has 1 heterocycles. The molecule has 0 aromatic carbocycles. The van der Waals surface area contributed by atoms with Crippen molar-refractivity contribution in [3.8, 4) is 0 Å². The van der Waals surface area contributed by atoms with Crippen LogP contribution in [0.5, 0.6) is 0 Å². The first-order chi connectivity index (χ1) is 7.37. The van der Waals surface area contributed by atoms with Gasteiger partial charge in [-0.1, -0.05) is 6.42 Å². The first-order valence-corrected chi connectivity index (χ1v) is 6.15. The fraction of sp³-hybridized carbons (Fsp3) is 1.00. The van der Waals surface area contributed by atoms with Crippen molar-refractivity contribution in [3.05, 3.63) is 0 Å². The molecule has 1 aliphatic carbocycles. The topological polar surface area (TPSA) is 30.5 Å². The summed E-state index contributed by atoms with van der Waals surface area (Å²) in [6.07, 6.45) is 5.49. The summed E-state index contributed by atoms with van der Waals surface area (Å²) in [6.45, 7) is 4.81. The molecule has 0 bridgehead atoms. The van der Waals surface area contributed by atoms with E-state index in [2.05, 4.69) is 5.32 Å².